The Bertz CT molecular complexity index is 650. The van der Waals surface area contributed by atoms with Crippen LogP contribution in [0.2, 0.25) is 0 Å². The maximum Gasteiger partial charge on any atom is 0.143 e. The topological polar surface area (TPSA) is 71.6 Å². The summed E-state index contributed by atoms with van der Waals surface area (Å²) in [5.74, 6) is 0.216. The van der Waals surface area contributed by atoms with Crippen molar-refractivity contribution in [2.75, 3.05) is 13.1 Å². The molecule has 0 spiro atoms. The van der Waals surface area contributed by atoms with Gasteiger partial charge in [0.15, 0.2) is 0 Å². The molecule has 2 aliphatic rings. The lowest BCUT2D eigenvalue weighted by molar-refractivity contribution is 0.726. The summed E-state index contributed by atoms with van der Waals surface area (Å²) in [4.78, 5) is 0. The Labute approximate surface area is 118 Å². The Hall–Kier alpha value is -2.72. The molecule has 98 valence electrons. The molecule has 0 radical (unpaired) electrons. The first-order chi connectivity index (χ1) is 9.85. The van der Waals surface area contributed by atoms with E-state index in [-0.39, 0.29) is 5.92 Å². The van der Waals surface area contributed by atoms with E-state index in [1.165, 1.54) is 0 Å². The third kappa shape index (κ3) is 1.92. The smallest absolute Gasteiger partial charge is 0.143 e. The van der Waals surface area contributed by atoms with Crippen LogP contribution in [0.5, 0.6) is 0 Å². The maximum absolute atomic E-state index is 9.14. The SMILES string of the molecule is N#CC(C#N)C1C=CC(=C2NCCN2)c2ccccc21. The lowest BCUT2D eigenvalue weighted by Crippen LogP contribution is -2.17. The van der Waals surface area contributed by atoms with Gasteiger partial charge in [-0.15, -0.1) is 0 Å². The summed E-state index contributed by atoms with van der Waals surface area (Å²) in [5, 5.41) is 24.9. The monoisotopic (exact) mass is 262 g/mol. The van der Waals surface area contributed by atoms with Gasteiger partial charge < -0.3 is 10.6 Å². The molecule has 1 saturated heterocycles. The second kappa shape index (κ2) is 5.11. The van der Waals surface area contributed by atoms with E-state index < -0.39 is 5.92 Å². The molecule has 1 unspecified atom stereocenters. The highest BCUT2D eigenvalue weighted by Crippen LogP contribution is 2.37. The lowest BCUT2D eigenvalue weighted by atomic mass is 9.79. The average molecular weight is 262 g/mol. The molecule has 20 heavy (non-hydrogen) atoms. The summed E-state index contributed by atoms with van der Waals surface area (Å²) in [6.45, 7) is 1.83. The fourth-order valence-electron chi connectivity index (χ4n) is 2.75. The van der Waals surface area contributed by atoms with Crippen LogP contribution in [0.3, 0.4) is 0 Å². The van der Waals surface area contributed by atoms with Gasteiger partial charge in [0.2, 0.25) is 0 Å². The highest BCUT2D eigenvalue weighted by atomic mass is 15.2. The molecule has 0 aromatic heterocycles. The van der Waals surface area contributed by atoms with Gasteiger partial charge >= 0.3 is 0 Å². The third-order valence-corrected chi connectivity index (χ3v) is 3.72. The third-order valence-electron chi connectivity index (χ3n) is 3.72. The lowest BCUT2D eigenvalue weighted by Gasteiger charge is -2.24. The largest absolute Gasteiger partial charge is 0.370 e. The molecular weight excluding hydrogens is 248 g/mol. The van der Waals surface area contributed by atoms with Crippen LogP contribution in [0, 0.1) is 28.6 Å². The fraction of sp³-hybridized carbons (Fsp3) is 0.250. The number of allylic oxidation sites excluding steroid dienone is 3. The van der Waals surface area contributed by atoms with Crippen molar-refractivity contribution in [2.45, 2.75) is 5.92 Å². The van der Waals surface area contributed by atoms with Crippen LogP contribution in [0.4, 0.5) is 0 Å². The number of hydrogen-bond acceptors (Lipinski definition) is 4. The molecule has 1 atom stereocenters. The quantitative estimate of drug-likeness (QED) is 0.810. The van der Waals surface area contributed by atoms with E-state index in [1.54, 1.807) is 0 Å². The van der Waals surface area contributed by atoms with Gasteiger partial charge in [-0.25, -0.2) is 0 Å². The van der Waals surface area contributed by atoms with Gasteiger partial charge in [0.1, 0.15) is 11.7 Å². The van der Waals surface area contributed by atoms with Crippen molar-refractivity contribution in [1.29, 1.82) is 10.5 Å². The first-order valence-electron chi connectivity index (χ1n) is 6.64. The highest BCUT2D eigenvalue weighted by Gasteiger charge is 2.27. The first kappa shape index (κ1) is 12.3. The summed E-state index contributed by atoms with van der Waals surface area (Å²) < 4.78 is 0. The summed E-state index contributed by atoms with van der Waals surface area (Å²) >= 11 is 0. The number of nitriles is 2. The molecule has 4 nitrogen and oxygen atoms in total. The first-order valence-corrected chi connectivity index (χ1v) is 6.64. The van der Waals surface area contributed by atoms with Crippen molar-refractivity contribution < 1.29 is 0 Å². The minimum atomic E-state index is -0.650. The van der Waals surface area contributed by atoms with Crippen LogP contribution in [0.25, 0.3) is 5.57 Å². The van der Waals surface area contributed by atoms with Gasteiger partial charge in [-0.3, -0.25) is 0 Å². The zero-order valence-electron chi connectivity index (χ0n) is 10.9. The molecule has 1 aromatic rings. The molecule has 0 amide bonds. The summed E-state index contributed by atoms with van der Waals surface area (Å²) in [6.07, 6.45) is 3.97. The Kier molecular flexibility index (Phi) is 3.15. The molecule has 2 N–H and O–H groups in total. The van der Waals surface area contributed by atoms with Gasteiger partial charge in [0.05, 0.1) is 12.1 Å². The van der Waals surface area contributed by atoms with Crippen LogP contribution < -0.4 is 10.6 Å². The van der Waals surface area contributed by atoms with E-state index in [0.29, 0.717) is 0 Å². The molecule has 3 rings (SSSR count). The predicted octanol–water partition coefficient (Wildman–Crippen LogP) is 1.86. The van der Waals surface area contributed by atoms with Gasteiger partial charge in [-0.2, -0.15) is 10.5 Å². The number of hydrogen-bond donors (Lipinski definition) is 2. The molecule has 0 bridgehead atoms. The average Bonchev–Trinajstić information content (AvgIpc) is 3.02. The van der Waals surface area contributed by atoms with E-state index in [0.717, 1.165) is 35.6 Å². The molecule has 4 heteroatoms. The van der Waals surface area contributed by atoms with Gasteiger partial charge in [0.25, 0.3) is 0 Å². The zero-order valence-corrected chi connectivity index (χ0v) is 10.9. The normalized spacial score (nSPS) is 19.9. The number of nitrogens with zero attached hydrogens (tertiary/aromatic N) is 2. The zero-order chi connectivity index (χ0) is 13.9. The standard InChI is InChI=1S/C16H14N4/c17-9-11(10-18)12-5-6-15(16-19-7-8-20-16)14-4-2-1-3-13(12)14/h1-6,11-12,19-20H,7-8H2. The molecule has 1 aliphatic carbocycles. The summed E-state index contributed by atoms with van der Waals surface area (Å²) in [7, 11) is 0. The van der Waals surface area contributed by atoms with Crippen molar-refractivity contribution in [3.8, 4) is 12.1 Å². The fourth-order valence-corrected chi connectivity index (χ4v) is 2.75. The van der Waals surface area contributed by atoms with Gasteiger partial charge in [0, 0.05) is 24.6 Å². The summed E-state index contributed by atoms with van der Waals surface area (Å²) in [5.41, 5.74) is 3.23. The second-order valence-electron chi connectivity index (χ2n) is 4.85. The van der Waals surface area contributed by atoms with Crippen LogP contribution in [0.15, 0.2) is 42.2 Å². The van der Waals surface area contributed by atoms with Crippen LogP contribution in [-0.4, -0.2) is 13.1 Å². The molecule has 1 fully saturated rings. The number of benzene rings is 1. The summed E-state index contributed by atoms with van der Waals surface area (Å²) in [6, 6.07) is 12.2. The van der Waals surface area contributed by atoms with Crippen molar-refractivity contribution in [1.82, 2.24) is 10.6 Å². The van der Waals surface area contributed by atoms with E-state index >= 15 is 0 Å². The minimum absolute atomic E-state index is 0.160. The Morgan fingerprint density at radius 2 is 1.80 bits per heavy atom. The number of rotatable bonds is 1. The highest BCUT2D eigenvalue weighted by molar-refractivity contribution is 5.81. The second-order valence-corrected chi connectivity index (χ2v) is 4.85. The molecular formula is C16H14N4. The molecule has 0 saturated carbocycles. The van der Waals surface area contributed by atoms with Crippen molar-refractivity contribution in [3.05, 3.63) is 53.4 Å². The number of nitrogens with one attached hydrogen (secondary N) is 2. The van der Waals surface area contributed by atoms with Crippen molar-refractivity contribution in [3.63, 3.8) is 0 Å². The molecule has 1 aromatic carbocycles. The van der Waals surface area contributed by atoms with E-state index in [4.69, 9.17) is 10.5 Å². The van der Waals surface area contributed by atoms with Gasteiger partial charge in [-0.05, 0) is 11.1 Å². The Morgan fingerprint density at radius 1 is 1.10 bits per heavy atom. The Balaban J connectivity index is 2.12. The molecule has 1 aliphatic heterocycles. The van der Waals surface area contributed by atoms with Crippen LogP contribution in [0.1, 0.15) is 17.0 Å². The van der Waals surface area contributed by atoms with E-state index in [9.17, 15) is 0 Å². The van der Waals surface area contributed by atoms with Crippen molar-refractivity contribution >= 4 is 5.57 Å². The van der Waals surface area contributed by atoms with E-state index in [1.807, 2.05) is 36.4 Å². The number of fused-ring (bicyclic) bond motifs is 1. The maximum atomic E-state index is 9.14. The predicted molar refractivity (Wildman–Crippen MR) is 76.0 cm³/mol. The Morgan fingerprint density at radius 3 is 2.50 bits per heavy atom. The van der Waals surface area contributed by atoms with E-state index in [2.05, 4.69) is 22.8 Å². The minimum Gasteiger partial charge on any atom is -0.370 e. The van der Waals surface area contributed by atoms with Gasteiger partial charge in [-0.1, -0.05) is 36.4 Å². The van der Waals surface area contributed by atoms with Crippen LogP contribution in [-0.2, 0) is 0 Å². The molecule has 1 heterocycles. The van der Waals surface area contributed by atoms with Crippen LogP contribution >= 0.6 is 0 Å². The van der Waals surface area contributed by atoms with Crippen molar-refractivity contribution in [2.24, 2.45) is 5.92 Å².